The highest BCUT2D eigenvalue weighted by Gasteiger charge is 2.18. The Bertz CT molecular complexity index is 3490. The van der Waals surface area contributed by atoms with Crippen molar-refractivity contribution in [2.24, 2.45) is 0 Å². The summed E-state index contributed by atoms with van der Waals surface area (Å²) in [6.07, 6.45) is 0. The number of fused-ring (bicyclic) bond motifs is 10. The van der Waals surface area contributed by atoms with Gasteiger partial charge in [-0.25, -0.2) is 0 Å². The molecule has 0 saturated carbocycles. The van der Waals surface area contributed by atoms with Crippen molar-refractivity contribution in [1.82, 2.24) is 9.13 Å². The third kappa shape index (κ3) is 4.60. The molecule has 0 saturated heterocycles. The Morgan fingerprint density at radius 2 is 0.891 bits per heavy atom. The van der Waals surface area contributed by atoms with Crippen LogP contribution in [0, 0.1) is 0 Å². The molecule has 0 bridgehead atoms. The van der Waals surface area contributed by atoms with Gasteiger partial charge in [-0.15, -0.1) is 11.3 Å². The molecule has 0 aliphatic carbocycles. The second-order valence-electron chi connectivity index (χ2n) is 14.5. The van der Waals surface area contributed by atoms with Crippen LogP contribution in [0.3, 0.4) is 0 Å². The summed E-state index contributed by atoms with van der Waals surface area (Å²) in [5.74, 6) is 0. The fourth-order valence-electron chi connectivity index (χ4n) is 8.98. The molecule has 0 unspecified atom stereocenters. The molecule has 12 aromatic rings. The first-order valence-electron chi connectivity index (χ1n) is 18.8. The Labute approximate surface area is 321 Å². The largest absolute Gasteiger partial charge is 0.309 e. The molecule has 55 heavy (non-hydrogen) atoms. The van der Waals surface area contributed by atoms with Crippen LogP contribution in [-0.2, 0) is 0 Å². The van der Waals surface area contributed by atoms with Gasteiger partial charge in [0.05, 0.1) is 22.1 Å². The van der Waals surface area contributed by atoms with E-state index in [1.54, 1.807) is 0 Å². The van der Waals surface area contributed by atoms with Gasteiger partial charge in [0.1, 0.15) is 0 Å². The van der Waals surface area contributed by atoms with Gasteiger partial charge in [-0.05, 0) is 93.7 Å². The number of rotatable bonds is 4. The van der Waals surface area contributed by atoms with Gasteiger partial charge < -0.3 is 9.13 Å². The summed E-state index contributed by atoms with van der Waals surface area (Å²) in [4.78, 5) is 0. The van der Waals surface area contributed by atoms with Crippen molar-refractivity contribution in [3.63, 3.8) is 0 Å². The maximum absolute atomic E-state index is 2.43. The van der Waals surface area contributed by atoms with E-state index < -0.39 is 0 Å². The molecule has 9 aromatic carbocycles. The SMILES string of the molecule is c1ccc(-n2c3ccccc3c3ccc(-c4ccc5c(c4)sc4cc(-c6cccc7c6c6ccccc6n7-c6ccc7ccccc7c6)ccc45)cc32)cc1. The van der Waals surface area contributed by atoms with Gasteiger partial charge in [-0.3, -0.25) is 0 Å². The Hall–Kier alpha value is -6.94. The van der Waals surface area contributed by atoms with Gasteiger partial charge in [0.2, 0.25) is 0 Å². The molecule has 0 amide bonds. The molecular weight excluding hydrogens is 685 g/mol. The minimum atomic E-state index is 1.18. The monoisotopic (exact) mass is 716 g/mol. The number of para-hydroxylation sites is 3. The van der Waals surface area contributed by atoms with Crippen molar-refractivity contribution in [2.45, 2.75) is 0 Å². The van der Waals surface area contributed by atoms with Crippen molar-refractivity contribution in [3.05, 3.63) is 194 Å². The normalized spacial score (nSPS) is 12.0. The number of nitrogens with zero attached hydrogens (tertiary/aromatic N) is 2. The molecule has 12 rings (SSSR count). The van der Waals surface area contributed by atoms with Gasteiger partial charge in [0.25, 0.3) is 0 Å². The molecule has 0 aliphatic heterocycles. The van der Waals surface area contributed by atoms with E-state index in [4.69, 9.17) is 0 Å². The molecule has 0 spiro atoms. The molecule has 0 N–H and O–H groups in total. The average Bonchev–Trinajstić information content (AvgIpc) is 3.90. The molecule has 3 heterocycles. The second kappa shape index (κ2) is 11.8. The third-order valence-electron chi connectivity index (χ3n) is 11.5. The number of aromatic nitrogens is 2. The average molecular weight is 717 g/mol. The van der Waals surface area contributed by atoms with E-state index >= 15 is 0 Å². The summed E-state index contributed by atoms with van der Waals surface area (Å²) in [6, 6.07) is 71.4. The van der Waals surface area contributed by atoms with Crippen molar-refractivity contribution in [2.75, 3.05) is 0 Å². The van der Waals surface area contributed by atoms with Crippen LogP contribution in [0.4, 0.5) is 0 Å². The number of hydrogen-bond acceptors (Lipinski definition) is 1. The van der Waals surface area contributed by atoms with E-state index in [1.807, 2.05) is 11.3 Å². The second-order valence-corrected chi connectivity index (χ2v) is 15.6. The zero-order valence-corrected chi connectivity index (χ0v) is 30.6. The van der Waals surface area contributed by atoms with E-state index in [0.29, 0.717) is 0 Å². The van der Waals surface area contributed by atoms with Gasteiger partial charge in [0, 0.05) is 53.1 Å². The first-order chi connectivity index (χ1) is 27.3. The molecule has 0 fully saturated rings. The van der Waals surface area contributed by atoms with E-state index in [9.17, 15) is 0 Å². The first-order valence-corrected chi connectivity index (χ1v) is 19.7. The molecule has 0 radical (unpaired) electrons. The highest BCUT2D eigenvalue weighted by atomic mass is 32.1. The lowest BCUT2D eigenvalue weighted by Crippen LogP contribution is -1.93. The molecule has 0 atom stereocenters. The zero-order valence-electron chi connectivity index (χ0n) is 29.8. The summed E-state index contributed by atoms with van der Waals surface area (Å²) >= 11 is 1.89. The van der Waals surface area contributed by atoms with Crippen LogP contribution >= 0.6 is 11.3 Å². The lowest BCUT2D eigenvalue weighted by atomic mass is 9.98. The highest BCUT2D eigenvalue weighted by Crippen LogP contribution is 2.43. The van der Waals surface area contributed by atoms with Gasteiger partial charge in [-0.2, -0.15) is 0 Å². The molecular formula is C52H32N2S. The number of thiophene rings is 1. The third-order valence-corrected chi connectivity index (χ3v) is 12.6. The Balaban J connectivity index is 0.991. The van der Waals surface area contributed by atoms with Crippen LogP contribution < -0.4 is 0 Å². The topological polar surface area (TPSA) is 9.86 Å². The van der Waals surface area contributed by atoms with Crippen molar-refractivity contribution in [1.29, 1.82) is 0 Å². The maximum Gasteiger partial charge on any atom is 0.0547 e. The Morgan fingerprint density at radius 3 is 1.71 bits per heavy atom. The molecule has 0 aliphatic rings. The Kier molecular flexibility index (Phi) is 6.54. The smallest absolute Gasteiger partial charge is 0.0547 e. The van der Waals surface area contributed by atoms with E-state index in [0.717, 1.165) is 0 Å². The molecule has 256 valence electrons. The fraction of sp³-hybridized carbons (Fsp3) is 0. The Morgan fingerprint density at radius 1 is 0.309 bits per heavy atom. The van der Waals surface area contributed by atoms with Crippen LogP contribution in [0.5, 0.6) is 0 Å². The van der Waals surface area contributed by atoms with E-state index in [2.05, 4.69) is 203 Å². The van der Waals surface area contributed by atoms with Crippen molar-refractivity contribution < 1.29 is 0 Å². The van der Waals surface area contributed by atoms with E-state index in [1.165, 1.54) is 108 Å². The van der Waals surface area contributed by atoms with Crippen molar-refractivity contribution >= 4 is 85.9 Å². The predicted molar refractivity (Wildman–Crippen MR) is 236 cm³/mol. The lowest BCUT2D eigenvalue weighted by Gasteiger charge is -2.10. The van der Waals surface area contributed by atoms with Crippen LogP contribution in [0.1, 0.15) is 0 Å². The fourth-order valence-corrected chi connectivity index (χ4v) is 10.2. The van der Waals surface area contributed by atoms with E-state index in [-0.39, 0.29) is 0 Å². The summed E-state index contributed by atoms with van der Waals surface area (Å²) < 4.78 is 7.43. The lowest BCUT2D eigenvalue weighted by molar-refractivity contribution is 1.18. The maximum atomic E-state index is 2.43. The van der Waals surface area contributed by atoms with Crippen LogP contribution in [0.2, 0.25) is 0 Å². The highest BCUT2D eigenvalue weighted by molar-refractivity contribution is 7.25. The summed E-state index contributed by atoms with van der Waals surface area (Å²) in [7, 11) is 0. The minimum Gasteiger partial charge on any atom is -0.309 e. The zero-order chi connectivity index (χ0) is 36.0. The van der Waals surface area contributed by atoms with Gasteiger partial charge in [-0.1, -0.05) is 133 Å². The van der Waals surface area contributed by atoms with Crippen LogP contribution in [-0.4, -0.2) is 9.13 Å². The number of hydrogen-bond donors (Lipinski definition) is 0. The molecule has 3 heteroatoms. The summed E-state index contributed by atoms with van der Waals surface area (Å²) in [5.41, 5.74) is 12.2. The quantitative estimate of drug-likeness (QED) is 0.172. The predicted octanol–water partition coefficient (Wildman–Crippen LogP) is 14.7. The van der Waals surface area contributed by atoms with Gasteiger partial charge >= 0.3 is 0 Å². The molecule has 2 nitrogen and oxygen atoms in total. The van der Waals surface area contributed by atoms with Gasteiger partial charge in [0.15, 0.2) is 0 Å². The molecule has 3 aromatic heterocycles. The standard InChI is InChI=1S/C52H32N2S/c1-2-13-38(14-3-1)53-46-18-8-6-15-41(46)42-26-22-35(30-49(42)53)36-23-27-43-44-28-24-37(32-51(44)55-50(43)31-36)40-17-10-20-48-52(40)45-16-7-9-19-47(45)54(48)39-25-21-33-11-4-5-12-34(33)29-39/h1-32H. The minimum absolute atomic E-state index is 1.18. The summed E-state index contributed by atoms with van der Waals surface area (Å²) in [5, 5.41) is 10.2. The number of benzene rings is 9. The van der Waals surface area contributed by atoms with Crippen molar-refractivity contribution in [3.8, 4) is 33.6 Å². The summed E-state index contributed by atoms with van der Waals surface area (Å²) in [6.45, 7) is 0. The first kappa shape index (κ1) is 30.5. The van der Waals surface area contributed by atoms with Crippen LogP contribution in [0.15, 0.2) is 194 Å². The van der Waals surface area contributed by atoms with Crippen LogP contribution in [0.25, 0.3) is 108 Å².